The zero-order valence-electron chi connectivity index (χ0n) is 11.4. The molecule has 0 N–H and O–H groups in total. The molecular formula is C16H22O2. The third kappa shape index (κ3) is 14.3. The molecule has 0 heterocycles. The van der Waals surface area contributed by atoms with Gasteiger partial charge in [0.05, 0.1) is 13.0 Å². The fraction of sp³-hybridized carbons (Fsp3) is 0.562. The fourth-order valence-electron chi connectivity index (χ4n) is 1.20. The highest BCUT2D eigenvalue weighted by atomic mass is 16.5. The van der Waals surface area contributed by atoms with E-state index in [9.17, 15) is 4.79 Å². The molecule has 0 aliphatic heterocycles. The van der Waals surface area contributed by atoms with Crippen LogP contribution in [0, 0.1) is 23.7 Å². The molecule has 0 saturated heterocycles. The van der Waals surface area contributed by atoms with E-state index in [1.165, 1.54) is 6.92 Å². The van der Waals surface area contributed by atoms with Gasteiger partial charge in [0.1, 0.15) is 0 Å². The molecule has 2 heteroatoms. The van der Waals surface area contributed by atoms with Crippen molar-refractivity contribution in [2.75, 3.05) is 6.61 Å². The fourth-order valence-corrected chi connectivity index (χ4v) is 1.20. The molecule has 0 amide bonds. The molecule has 98 valence electrons. The van der Waals surface area contributed by atoms with Crippen molar-refractivity contribution in [1.29, 1.82) is 0 Å². The first-order chi connectivity index (χ1) is 8.77. The number of carbonyl (C=O) groups excluding carboxylic acids is 1. The van der Waals surface area contributed by atoms with Crippen molar-refractivity contribution in [2.45, 2.75) is 52.4 Å². The summed E-state index contributed by atoms with van der Waals surface area (Å²) in [5.74, 6) is 11.9. The van der Waals surface area contributed by atoms with Gasteiger partial charge in [-0.2, -0.15) is 0 Å². The molecule has 0 saturated carbocycles. The standard InChI is InChI=1S/C16H22O2/c1-3-4-5-6-7-8-9-10-11-12-13-14-15-18-16(2)17/h12-13H,3,6,9-11,14-15H2,1-2H3. The van der Waals surface area contributed by atoms with Crippen molar-refractivity contribution in [3.05, 3.63) is 12.2 Å². The highest BCUT2D eigenvalue weighted by Crippen LogP contribution is 1.97. The van der Waals surface area contributed by atoms with E-state index in [-0.39, 0.29) is 5.97 Å². The molecule has 0 aliphatic carbocycles. The summed E-state index contributed by atoms with van der Waals surface area (Å²) >= 11 is 0. The van der Waals surface area contributed by atoms with E-state index in [4.69, 9.17) is 4.74 Å². The van der Waals surface area contributed by atoms with E-state index in [1.54, 1.807) is 0 Å². The number of allylic oxidation sites excluding steroid dienone is 1. The lowest BCUT2D eigenvalue weighted by atomic mass is 10.2. The summed E-state index contributed by atoms with van der Waals surface area (Å²) in [6.07, 6.45) is 9.55. The molecule has 0 rings (SSSR count). The Balaban J connectivity index is 3.34. The summed E-state index contributed by atoms with van der Waals surface area (Å²) in [6, 6.07) is 0. The first-order valence-corrected chi connectivity index (χ1v) is 6.47. The third-order valence-corrected chi connectivity index (χ3v) is 2.03. The van der Waals surface area contributed by atoms with Gasteiger partial charge in [-0.05, 0) is 19.3 Å². The molecule has 0 fully saturated rings. The van der Waals surface area contributed by atoms with Crippen LogP contribution in [0.1, 0.15) is 52.4 Å². The van der Waals surface area contributed by atoms with Crippen LogP contribution in [0.4, 0.5) is 0 Å². The van der Waals surface area contributed by atoms with Crippen molar-refractivity contribution in [3.8, 4) is 23.7 Å². The summed E-state index contributed by atoms with van der Waals surface area (Å²) in [6.45, 7) is 3.93. The Morgan fingerprint density at radius 1 is 1.11 bits per heavy atom. The minimum Gasteiger partial charge on any atom is -0.466 e. The van der Waals surface area contributed by atoms with Gasteiger partial charge in [0, 0.05) is 19.8 Å². The molecule has 0 aromatic carbocycles. The lowest BCUT2D eigenvalue weighted by Crippen LogP contribution is -1.98. The Bertz CT molecular complexity index is 358. The van der Waals surface area contributed by atoms with E-state index in [0.717, 1.165) is 32.1 Å². The monoisotopic (exact) mass is 246 g/mol. The molecule has 18 heavy (non-hydrogen) atoms. The van der Waals surface area contributed by atoms with Crippen molar-refractivity contribution in [2.24, 2.45) is 0 Å². The lowest BCUT2D eigenvalue weighted by molar-refractivity contribution is -0.140. The molecule has 0 aliphatic rings. The second kappa shape index (κ2) is 13.4. The molecular weight excluding hydrogens is 224 g/mol. The molecule has 0 unspecified atom stereocenters. The summed E-state index contributed by atoms with van der Waals surface area (Å²) in [4.78, 5) is 10.5. The van der Waals surface area contributed by atoms with Crippen LogP contribution in [-0.4, -0.2) is 12.6 Å². The minimum atomic E-state index is -0.218. The first-order valence-electron chi connectivity index (χ1n) is 6.47. The Hall–Kier alpha value is -1.67. The van der Waals surface area contributed by atoms with Crippen LogP contribution in [0.2, 0.25) is 0 Å². The van der Waals surface area contributed by atoms with Crippen LogP contribution in [-0.2, 0) is 9.53 Å². The summed E-state index contributed by atoms with van der Waals surface area (Å²) in [5.41, 5.74) is 0. The number of unbranched alkanes of at least 4 members (excludes halogenated alkanes) is 2. The SMILES string of the molecule is CCC#CCC#CCCCC=CCCOC(C)=O. The van der Waals surface area contributed by atoms with E-state index < -0.39 is 0 Å². The second-order valence-corrected chi connectivity index (χ2v) is 3.73. The molecule has 0 radical (unpaired) electrons. The molecule has 0 bridgehead atoms. The largest absolute Gasteiger partial charge is 0.466 e. The van der Waals surface area contributed by atoms with Gasteiger partial charge in [0.25, 0.3) is 0 Å². The second-order valence-electron chi connectivity index (χ2n) is 3.73. The number of ether oxygens (including phenoxy) is 1. The van der Waals surface area contributed by atoms with Gasteiger partial charge in [-0.15, -0.1) is 11.8 Å². The van der Waals surface area contributed by atoms with Crippen LogP contribution < -0.4 is 0 Å². The van der Waals surface area contributed by atoms with E-state index >= 15 is 0 Å². The Kier molecular flexibility index (Phi) is 12.2. The molecule has 0 atom stereocenters. The van der Waals surface area contributed by atoms with Crippen molar-refractivity contribution in [3.63, 3.8) is 0 Å². The highest BCUT2D eigenvalue weighted by Gasteiger charge is 1.88. The third-order valence-electron chi connectivity index (χ3n) is 2.03. The number of esters is 1. The van der Waals surface area contributed by atoms with Crippen LogP contribution >= 0.6 is 0 Å². The number of hydrogen-bond donors (Lipinski definition) is 0. The normalized spacial score (nSPS) is 9.22. The average Bonchev–Trinajstić information content (AvgIpc) is 2.34. The number of carbonyl (C=O) groups is 1. The summed E-state index contributed by atoms with van der Waals surface area (Å²) < 4.78 is 4.81. The van der Waals surface area contributed by atoms with Crippen LogP contribution in [0.5, 0.6) is 0 Å². The van der Waals surface area contributed by atoms with Gasteiger partial charge in [-0.1, -0.05) is 30.9 Å². The lowest BCUT2D eigenvalue weighted by Gasteiger charge is -1.96. The zero-order valence-corrected chi connectivity index (χ0v) is 11.4. The quantitative estimate of drug-likeness (QED) is 0.310. The van der Waals surface area contributed by atoms with Crippen LogP contribution in [0.3, 0.4) is 0 Å². The number of rotatable bonds is 6. The maximum Gasteiger partial charge on any atom is 0.302 e. The molecule has 0 spiro atoms. The summed E-state index contributed by atoms with van der Waals surface area (Å²) in [5, 5.41) is 0. The Morgan fingerprint density at radius 3 is 2.56 bits per heavy atom. The first kappa shape index (κ1) is 16.3. The Labute approximate surface area is 111 Å². The molecule has 0 aromatic rings. The van der Waals surface area contributed by atoms with Gasteiger partial charge in [-0.25, -0.2) is 0 Å². The topological polar surface area (TPSA) is 26.3 Å². The van der Waals surface area contributed by atoms with Gasteiger partial charge < -0.3 is 4.74 Å². The van der Waals surface area contributed by atoms with Crippen molar-refractivity contribution < 1.29 is 9.53 Å². The number of hydrogen-bond acceptors (Lipinski definition) is 2. The van der Waals surface area contributed by atoms with Gasteiger partial charge >= 0.3 is 5.97 Å². The summed E-state index contributed by atoms with van der Waals surface area (Å²) in [7, 11) is 0. The average molecular weight is 246 g/mol. The van der Waals surface area contributed by atoms with Crippen LogP contribution in [0.15, 0.2) is 12.2 Å². The van der Waals surface area contributed by atoms with Crippen molar-refractivity contribution >= 4 is 5.97 Å². The maximum atomic E-state index is 10.5. The smallest absolute Gasteiger partial charge is 0.302 e. The predicted molar refractivity (Wildman–Crippen MR) is 74.7 cm³/mol. The molecule has 0 aromatic heterocycles. The van der Waals surface area contributed by atoms with E-state index in [0.29, 0.717) is 13.0 Å². The highest BCUT2D eigenvalue weighted by molar-refractivity contribution is 5.65. The van der Waals surface area contributed by atoms with E-state index in [2.05, 4.69) is 29.8 Å². The van der Waals surface area contributed by atoms with Gasteiger partial charge in [0.2, 0.25) is 0 Å². The minimum absolute atomic E-state index is 0.218. The Morgan fingerprint density at radius 2 is 1.83 bits per heavy atom. The van der Waals surface area contributed by atoms with Crippen molar-refractivity contribution in [1.82, 2.24) is 0 Å². The van der Waals surface area contributed by atoms with Crippen LogP contribution in [0.25, 0.3) is 0 Å². The predicted octanol–water partition coefficient (Wildman–Crippen LogP) is 3.47. The van der Waals surface area contributed by atoms with Gasteiger partial charge in [-0.3, -0.25) is 4.79 Å². The zero-order chi connectivity index (χ0) is 13.5. The van der Waals surface area contributed by atoms with E-state index in [1.807, 2.05) is 13.0 Å². The maximum absolute atomic E-state index is 10.5. The van der Waals surface area contributed by atoms with Gasteiger partial charge in [0.15, 0.2) is 0 Å². The molecule has 2 nitrogen and oxygen atoms in total.